The maximum atomic E-state index is 12.1. The summed E-state index contributed by atoms with van der Waals surface area (Å²) in [7, 11) is 1.75. The van der Waals surface area contributed by atoms with Crippen LogP contribution in [0.4, 0.5) is 4.79 Å². The second kappa shape index (κ2) is 6.67. The first-order chi connectivity index (χ1) is 9.56. The molecule has 0 unspecified atom stereocenters. The Morgan fingerprint density at radius 2 is 1.81 bits per heavy atom. The fraction of sp³-hybridized carbons (Fsp3) is 0.875. The number of nitrogens with one attached hydrogen (secondary N) is 1. The van der Waals surface area contributed by atoms with Crippen molar-refractivity contribution < 1.29 is 14.7 Å². The van der Waals surface area contributed by atoms with Crippen molar-refractivity contribution in [1.29, 1.82) is 0 Å². The molecule has 1 saturated carbocycles. The van der Waals surface area contributed by atoms with Crippen LogP contribution in [0.25, 0.3) is 0 Å². The molecule has 0 spiro atoms. The van der Waals surface area contributed by atoms with Gasteiger partial charge in [0.05, 0.1) is 5.41 Å². The normalized spacial score (nSPS) is 26.2. The largest absolute Gasteiger partial charge is 0.481 e. The van der Waals surface area contributed by atoms with Gasteiger partial charge in [-0.2, -0.15) is 0 Å². The molecule has 0 aromatic rings. The topological polar surface area (TPSA) is 69.6 Å². The number of nitrogens with zero attached hydrogens (tertiary/aromatic N) is 1. The smallest absolute Gasteiger partial charge is 0.317 e. The Kier molecular flexibility index (Phi) is 5.65. The highest BCUT2D eigenvalue weighted by molar-refractivity contribution is 5.78. The van der Waals surface area contributed by atoms with Gasteiger partial charge in [-0.25, -0.2) is 4.79 Å². The van der Waals surface area contributed by atoms with Gasteiger partial charge in [0.1, 0.15) is 0 Å². The first-order valence-electron chi connectivity index (χ1n) is 7.78. The molecule has 0 bridgehead atoms. The predicted molar refractivity (Wildman–Crippen MR) is 83.2 cm³/mol. The molecule has 122 valence electrons. The zero-order valence-electron chi connectivity index (χ0n) is 14.0. The Bertz CT molecular complexity index is 379. The zero-order chi connectivity index (χ0) is 16.3. The minimum atomic E-state index is -0.787. The highest BCUT2D eigenvalue weighted by Crippen LogP contribution is 2.38. The monoisotopic (exact) mass is 298 g/mol. The Labute approximate surface area is 128 Å². The Balaban J connectivity index is 2.58. The summed E-state index contributed by atoms with van der Waals surface area (Å²) >= 11 is 0. The standard InChI is InChI=1S/C16H30N2O3/c1-12-6-8-16(9-7-12,13(19)20)10-17-14(21)18(5)11-15(2,3)4/h12H,6-11H2,1-5H3,(H,17,21)(H,19,20). The first-order valence-corrected chi connectivity index (χ1v) is 7.78. The highest BCUT2D eigenvalue weighted by atomic mass is 16.4. The number of amides is 2. The number of aliphatic carboxylic acids is 1. The lowest BCUT2D eigenvalue weighted by Crippen LogP contribution is -2.49. The van der Waals surface area contributed by atoms with E-state index in [1.807, 2.05) is 0 Å². The van der Waals surface area contributed by atoms with E-state index < -0.39 is 11.4 Å². The molecule has 2 amide bonds. The maximum absolute atomic E-state index is 12.1. The molecule has 5 heteroatoms. The van der Waals surface area contributed by atoms with Crippen molar-refractivity contribution in [1.82, 2.24) is 10.2 Å². The molecule has 1 aliphatic rings. The van der Waals surface area contributed by atoms with Crippen molar-refractivity contribution >= 4 is 12.0 Å². The van der Waals surface area contributed by atoms with Crippen molar-refractivity contribution in [3.05, 3.63) is 0 Å². The maximum Gasteiger partial charge on any atom is 0.317 e. The third-order valence-corrected chi connectivity index (χ3v) is 4.32. The molecular weight excluding hydrogens is 268 g/mol. The summed E-state index contributed by atoms with van der Waals surface area (Å²) in [6.07, 6.45) is 3.12. The van der Waals surface area contributed by atoms with E-state index in [1.54, 1.807) is 11.9 Å². The van der Waals surface area contributed by atoms with Crippen LogP contribution in [0.5, 0.6) is 0 Å². The number of rotatable bonds is 4. The van der Waals surface area contributed by atoms with E-state index in [0.717, 1.165) is 12.8 Å². The van der Waals surface area contributed by atoms with Crippen molar-refractivity contribution in [2.75, 3.05) is 20.1 Å². The van der Waals surface area contributed by atoms with E-state index >= 15 is 0 Å². The van der Waals surface area contributed by atoms with Gasteiger partial charge in [-0.15, -0.1) is 0 Å². The molecule has 0 aromatic carbocycles. The van der Waals surface area contributed by atoms with Crippen molar-refractivity contribution in [3.8, 4) is 0 Å². The van der Waals surface area contributed by atoms with Gasteiger partial charge in [0.25, 0.3) is 0 Å². The number of carboxylic acid groups (broad SMARTS) is 1. The van der Waals surface area contributed by atoms with Crippen LogP contribution in [-0.4, -0.2) is 42.1 Å². The third-order valence-electron chi connectivity index (χ3n) is 4.32. The summed E-state index contributed by atoms with van der Waals surface area (Å²) in [5, 5.41) is 12.4. The number of carbonyl (C=O) groups excluding carboxylic acids is 1. The number of carboxylic acids is 1. The van der Waals surface area contributed by atoms with Crippen LogP contribution in [0.15, 0.2) is 0 Å². The molecule has 5 nitrogen and oxygen atoms in total. The van der Waals surface area contributed by atoms with E-state index in [2.05, 4.69) is 33.0 Å². The van der Waals surface area contributed by atoms with Gasteiger partial charge in [-0.1, -0.05) is 27.7 Å². The first kappa shape index (κ1) is 17.8. The Morgan fingerprint density at radius 3 is 2.24 bits per heavy atom. The van der Waals surface area contributed by atoms with E-state index in [4.69, 9.17) is 0 Å². The van der Waals surface area contributed by atoms with Crippen molar-refractivity contribution in [2.24, 2.45) is 16.7 Å². The molecule has 0 aliphatic heterocycles. The molecule has 1 aliphatic carbocycles. The van der Waals surface area contributed by atoms with Crippen molar-refractivity contribution in [2.45, 2.75) is 53.4 Å². The average Bonchev–Trinajstić information content (AvgIpc) is 2.35. The van der Waals surface area contributed by atoms with E-state index in [-0.39, 0.29) is 18.0 Å². The van der Waals surface area contributed by atoms with Gasteiger partial charge in [0.2, 0.25) is 0 Å². The lowest BCUT2D eigenvalue weighted by molar-refractivity contribution is -0.151. The molecule has 21 heavy (non-hydrogen) atoms. The van der Waals surface area contributed by atoms with Crippen LogP contribution in [0, 0.1) is 16.7 Å². The molecule has 0 radical (unpaired) electrons. The van der Waals surface area contributed by atoms with Crippen molar-refractivity contribution in [3.63, 3.8) is 0 Å². The van der Waals surface area contributed by atoms with Crippen LogP contribution >= 0.6 is 0 Å². The third kappa shape index (κ3) is 5.21. The van der Waals surface area contributed by atoms with Gasteiger partial charge in [-0.05, 0) is 37.0 Å². The zero-order valence-corrected chi connectivity index (χ0v) is 14.0. The van der Waals surface area contributed by atoms with Crippen LogP contribution in [0.3, 0.4) is 0 Å². The van der Waals surface area contributed by atoms with E-state index in [9.17, 15) is 14.7 Å². The highest BCUT2D eigenvalue weighted by Gasteiger charge is 2.41. The second-order valence-corrected chi connectivity index (χ2v) is 7.84. The molecule has 0 aromatic heterocycles. The summed E-state index contributed by atoms with van der Waals surface area (Å²) in [4.78, 5) is 25.4. The van der Waals surface area contributed by atoms with Gasteiger partial charge >= 0.3 is 12.0 Å². The molecular formula is C16H30N2O3. The van der Waals surface area contributed by atoms with Gasteiger partial charge in [0, 0.05) is 20.1 Å². The van der Waals surface area contributed by atoms with Gasteiger partial charge < -0.3 is 15.3 Å². The van der Waals surface area contributed by atoms with Gasteiger partial charge in [0.15, 0.2) is 0 Å². The minimum absolute atomic E-state index is 0.0246. The van der Waals surface area contributed by atoms with Crippen LogP contribution in [0.1, 0.15) is 53.4 Å². The van der Waals surface area contributed by atoms with E-state index in [1.165, 1.54) is 0 Å². The Morgan fingerprint density at radius 1 is 1.29 bits per heavy atom. The molecule has 1 rings (SSSR count). The fourth-order valence-electron chi connectivity index (χ4n) is 2.94. The lowest BCUT2D eigenvalue weighted by Gasteiger charge is -2.36. The molecule has 0 heterocycles. The number of urea groups is 1. The number of hydrogen-bond acceptors (Lipinski definition) is 2. The summed E-state index contributed by atoms with van der Waals surface area (Å²) in [6, 6.07) is -0.191. The minimum Gasteiger partial charge on any atom is -0.481 e. The summed E-state index contributed by atoms with van der Waals surface area (Å²) in [6.45, 7) is 9.22. The Hall–Kier alpha value is -1.26. The van der Waals surface area contributed by atoms with Crippen LogP contribution in [-0.2, 0) is 4.79 Å². The average molecular weight is 298 g/mol. The molecule has 0 atom stereocenters. The SMILES string of the molecule is CC1CCC(CNC(=O)N(C)CC(C)(C)C)(C(=O)O)CC1. The predicted octanol–water partition coefficient (Wildman–Crippen LogP) is 2.96. The van der Waals surface area contributed by atoms with Gasteiger partial charge in [-0.3, -0.25) is 4.79 Å². The second-order valence-electron chi connectivity index (χ2n) is 7.84. The molecule has 0 saturated heterocycles. The molecule has 1 fully saturated rings. The fourth-order valence-corrected chi connectivity index (χ4v) is 2.94. The molecule has 2 N–H and O–H groups in total. The lowest BCUT2D eigenvalue weighted by atomic mass is 9.71. The number of hydrogen-bond donors (Lipinski definition) is 2. The summed E-state index contributed by atoms with van der Waals surface area (Å²) in [5.41, 5.74) is -0.762. The summed E-state index contributed by atoms with van der Waals surface area (Å²) in [5.74, 6) is -0.204. The van der Waals surface area contributed by atoms with E-state index in [0.29, 0.717) is 25.3 Å². The summed E-state index contributed by atoms with van der Waals surface area (Å²) < 4.78 is 0. The van der Waals surface area contributed by atoms with Crippen LogP contribution < -0.4 is 5.32 Å². The quantitative estimate of drug-likeness (QED) is 0.838. The van der Waals surface area contributed by atoms with Crippen LogP contribution in [0.2, 0.25) is 0 Å². The number of carbonyl (C=O) groups is 2.